The Morgan fingerprint density at radius 3 is 2.79 bits per heavy atom. The molecule has 0 aliphatic rings. The average molecular weight is 350 g/mol. The number of nitrogens with zero attached hydrogens (tertiary/aromatic N) is 2. The molecule has 0 aliphatic carbocycles. The van der Waals surface area contributed by atoms with Crippen LogP contribution in [-0.4, -0.2) is 27.4 Å². The fraction of sp³-hybridized carbons (Fsp3) is 0.438. The van der Waals surface area contributed by atoms with Crippen LogP contribution in [0.3, 0.4) is 0 Å². The van der Waals surface area contributed by atoms with Crippen LogP contribution in [0.4, 0.5) is 0 Å². The van der Waals surface area contributed by atoms with E-state index in [1.165, 1.54) is 11.8 Å². The Bertz CT molecular complexity index is 710. The molecule has 0 spiro atoms. The van der Waals surface area contributed by atoms with Crippen molar-refractivity contribution in [3.05, 3.63) is 36.0 Å². The van der Waals surface area contributed by atoms with Gasteiger partial charge in [0.25, 0.3) is 5.91 Å². The van der Waals surface area contributed by atoms with E-state index in [1.807, 2.05) is 31.7 Å². The molecule has 2 aromatic heterocycles. The second kappa shape index (κ2) is 8.05. The summed E-state index contributed by atoms with van der Waals surface area (Å²) in [4.78, 5) is 28.0. The van der Waals surface area contributed by atoms with Crippen LogP contribution in [0.25, 0.3) is 0 Å². The molecule has 7 nitrogen and oxygen atoms in total. The number of aryl methyl sites for hydroxylation is 1. The summed E-state index contributed by atoms with van der Waals surface area (Å²) in [5.41, 5.74) is 5.36. The van der Waals surface area contributed by atoms with Gasteiger partial charge in [-0.25, -0.2) is 4.98 Å². The van der Waals surface area contributed by atoms with Gasteiger partial charge in [0.15, 0.2) is 10.9 Å². The highest BCUT2D eigenvalue weighted by atomic mass is 32.2. The molecule has 3 N–H and O–H groups in total. The molecule has 0 radical (unpaired) electrons. The summed E-state index contributed by atoms with van der Waals surface area (Å²) in [6, 6.07) is 2.63. The SMILES string of the molecule is CCC(C)C(NC(=O)c1ccc(CSc2nccn2C)o1)C(N)=O. The van der Waals surface area contributed by atoms with Crippen LogP contribution < -0.4 is 11.1 Å². The normalized spacial score (nSPS) is 13.5. The van der Waals surface area contributed by atoms with E-state index < -0.39 is 17.9 Å². The summed E-state index contributed by atoms with van der Waals surface area (Å²) in [6.45, 7) is 3.80. The largest absolute Gasteiger partial charge is 0.455 e. The number of nitrogens with two attached hydrogens (primary N) is 1. The van der Waals surface area contributed by atoms with Crippen LogP contribution in [0, 0.1) is 5.92 Å². The number of primary amides is 1. The Morgan fingerprint density at radius 2 is 2.21 bits per heavy atom. The number of aromatic nitrogens is 2. The average Bonchev–Trinajstić information content (AvgIpc) is 3.18. The molecular weight excluding hydrogens is 328 g/mol. The van der Waals surface area contributed by atoms with Gasteiger partial charge in [-0.05, 0) is 18.1 Å². The molecule has 2 amide bonds. The smallest absolute Gasteiger partial charge is 0.287 e. The van der Waals surface area contributed by atoms with E-state index in [0.29, 0.717) is 11.5 Å². The highest BCUT2D eigenvalue weighted by Gasteiger charge is 2.25. The molecule has 2 aromatic rings. The number of furan rings is 1. The number of imidazole rings is 1. The molecule has 2 unspecified atom stereocenters. The Hall–Kier alpha value is -2.22. The number of thioether (sulfide) groups is 1. The van der Waals surface area contributed by atoms with Crippen molar-refractivity contribution in [2.45, 2.75) is 37.2 Å². The van der Waals surface area contributed by atoms with Gasteiger partial charge >= 0.3 is 0 Å². The maximum absolute atomic E-state index is 12.2. The van der Waals surface area contributed by atoms with Gasteiger partial charge in [-0.15, -0.1) is 0 Å². The zero-order valence-electron chi connectivity index (χ0n) is 14.0. The zero-order valence-corrected chi connectivity index (χ0v) is 14.8. The third-order valence-corrected chi connectivity index (χ3v) is 4.89. The maximum Gasteiger partial charge on any atom is 0.287 e. The quantitative estimate of drug-likeness (QED) is 0.708. The first-order valence-corrected chi connectivity index (χ1v) is 8.70. The second-order valence-corrected chi connectivity index (χ2v) is 6.56. The lowest BCUT2D eigenvalue weighted by Gasteiger charge is -2.20. The van der Waals surface area contributed by atoms with E-state index in [2.05, 4.69) is 10.3 Å². The fourth-order valence-corrected chi connectivity index (χ4v) is 2.97. The lowest BCUT2D eigenvalue weighted by molar-refractivity contribution is -0.120. The van der Waals surface area contributed by atoms with Crippen LogP contribution in [0.5, 0.6) is 0 Å². The fourth-order valence-electron chi connectivity index (χ4n) is 2.15. The molecule has 130 valence electrons. The van der Waals surface area contributed by atoms with Crippen molar-refractivity contribution in [3.8, 4) is 0 Å². The predicted molar refractivity (Wildman–Crippen MR) is 91.4 cm³/mol. The Balaban J connectivity index is 1.97. The molecule has 0 saturated carbocycles. The number of carbonyl (C=O) groups is 2. The molecule has 0 fully saturated rings. The van der Waals surface area contributed by atoms with Gasteiger partial charge in [0.2, 0.25) is 5.91 Å². The van der Waals surface area contributed by atoms with Crippen LogP contribution in [0.15, 0.2) is 34.1 Å². The molecule has 2 atom stereocenters. The summed E-state index contributed by atoms with van der Waals surface area (Å²) in [5, 5.41) is 3.51. The predicted octanol–water partition coefficient (Wildman–Crippen LogP) is 1.94. The Labute approximate surface area is 145 Å². The molecule has 0 saturated heterocycles. The topological polar surface area (TPSA) is 103 Å². The summed E-state index contributed by atoms with van der Waals surface area (Å²) < 4.78 is 7.46. The van der Waals surface area contributed by atoms with Crippen molar-refractivity contribution in [2.24, 2.45) is 18.7 Å². The molecule has 0 aromatic carbocycles. The van der Waals surface area contributed by atoms with E-state index in [1.54, 1.807) is 18.3 Å². The van der Waals surface area contributed by atoms with Crippen molar-refractivity contribution < 1.29 is 14.0 Å². The lowest BCUT2D eigenvalue weighted by atomic mass is 9.98. The van der Waals surface area contributed by atoms with Crippen LogP contribution >= 0.6 is 11.8 Å². The van der Waals surface area contributed by atoms with Crippen molar-refractivity contribution >= 4 is 23.6 Å². The standard InChI is InChI=1S/C16H22N4O3S/c1-4-10(2)13(14(17)21)19-15(22)12-6-5-11(23-12)9-24-16-18-7-8-20(16)3/h5-8,10,13H,4,9H2,1-3H3,(H2,17,21)(H,19,22). The first-order chi connectivity index (χ1) is 11.4. The summed E-state index contributed by atoms with van der Waals surface area (Å²) in [7, 11) is 1.91. The number of hydrogen-bond donors (Lipinski definition) is 2. The summed E-state index contributed by atoms with van der Waals surface area (Å²) >= 11 is 1.51. The first kappa shape index (κ1) is 18.1. The third-order valence-electron chi connectivity index (χ3n) is 3.81. The highest BCUT2D eigenvalue weighted by molar-refractivity contribution is 7.98. The summed E-state index contributed by atoms with van der Waals surface area (Å²) in [6.07, 6.45) is 4.32. The minimum atomic E-state index is -0.710. The van der Waals surface area contributed by atoms with E-state index in [-0.39, 0.29) is 11.7 Å². The van der Waals surface area contributed by atoms with Gasteiger partial charge in [0.05, 0.1) is 5.75 Å². The van der Waals surface area contributed by atoms with Crippen LogP contribution in [0.1, 0.15) is 36.6 Å². The first-order valence-electron chi connectivity index (χ1n) is 7.71. The van der Waals surface area contributed by atoms with Crippen molar-refractivity contribution in [2.75, 3.05) is 0 Å². The molecular formula is C16H22N4O3S. The van der Waals surface area contributed by atoms with Crippen molar-refractivity contribution in [3.63, 3.8) is 0 Å². The zero-order chi connectivity index (χ0) is 17.7. The highest BCUT2D eigenvalue weighted by Crippen LogP contribution is 2.22. The van der Waals surface area contributed by atoms with Crippen LogP contribution in [-0.2, 0) is 17.6 Å². The van der Waals surface area contributed by atoms with E-state index in [0.717, 1.165) is 11.6 Å². The second-order valence-electron chi connectivity index (χ2n) is 5.61. The third kappa shape index (κ3) is 4.41. The number of rotatable bonds is 8. The van der Waals surface area contributed by atoms with Gasteiger partial charge in [-0.2, -0.15) is 0 Å². The number of carbonyl (C=O) groups excluding carboxylic acids is 2. The van der Waals surface area contributed by atoms with Gasteiger partial charge < -0.3 is 20.0 Å². The van der Waals surface area contributed by atoms with Gasteiger partial charge in [-0.1, -0.05) is 32.0 Å². The monoisotopic (exact) mass is 350 g/mol. The number of hydrogen-bond acceptors (Lipinski definition) is 5. The van der Waals surface area contributed by atoms with Crippen molar-refractivity contribution in [1.29, 1.82) is 0 Å². The molecule has 2 rings (SSSR count). The van der Waals surface area contributed by atoms with Gasteiger partial charge in [-0.3, -0.25) is 9.59 Å². The Kier molecular flexibility index (Phi) is 6.08. The number of amides is 2. The molecule has 2 heterocycles. The maximum atomic E-state index is 12.2. The Morgan fingerprint density at radius 1 is 1.46 bits per heavy atom. The summed E-state index contributed by atoms with van der Waals surface area (Å²) in [5.74, 6) is 0.359. The molecule has 0 aliphatic heterocycles. The van der Waals surface area contributed by atoms with Crippen molar-refractivity contribution in [1.82, 2.24) is 14.9 Å². The van der Waals surface area contributed by atoms with Gasteiger partial charge in [0.1, 0.15) is 11.8 Å². The van der Waals surface area contributed by atoms with E-state index in [9.17, 15) is 9.59 Å². The minimum absolute atomic E-state index is 0.0418. The van der Waals surface area contributed by atoms with E-state index >= 15 is 0 Å². The van der Waals surface area contributed by atoms with Crippen LogP contribution in [0.2, 0.25) is 0 Å². The minimum Gasteiger partial charge on any atom is -0.455 e. The molecule has 8 heteroatoms. The van der Waals surface area contributed by atoms with E-state index in [4.69, 9.17) is 10.2 Å². The number of nitrogens with one attached hydrogen (secondary N) is 1. The van der Waals surface area contributed by atoms with Gasteiger partial charge in [0, 0.05) is 19.4 Å². The lowest BCUT2D eigenvalue weighted by Crippen LogP contribution is -2.48. The molecule has 24 heavy (non-hydrogen) atoms. The molecule has 0 bridgehead atoms.